The first-order valence-electron chi connectivity index (χ1n) is 5.62. The van der Waals surface area contributed by atoms with E-state index in [1.807, 2.05) is 17.8 Å². The maximum absolute atomic E-state index is 13.6. The van der Waals surface area contributed by atoms with Crippen molar-refractivity contribution >= 4 is 0 Å². The molecule has 18 heavy (non-hydrogen) atoms. The first-order chi connectivity index (χ1) is 8.65. The maximum atomic E-state index is 13.6. The Balaban J connectivity index is 2.36. The van der Waals surface area contributed by atoms with E-state index in [9.17, 15) is 4.39 Å². The molecule has 0 aliphatic rings. The number of aromatic nitrogens is 2. The number of aliphatic hydroxyl groups is 1. The lowest BCUT2D eigenvalue weighted by Crippen LogP contribution is -1.99. The van der Waals surface area contributed by atoms with Crippen LogP contribution < -0.4 is 4.74 Å². The van der Waals surface area contributed by atoms with Crippen LogP contribution >= 0.6 is 0 Å². The zero-order chi connectivity index (χ0) is 13.1. The third-order valence-electron chi connectivity index (χ3n) is 2.76. The molecule has 5 heteroatoms. The molecule has 4 nitrogen and oxygen atoms in total. The summed E-state index contributed by atoms with van der Waals surface area (Å²) in [5.41, 5.74) is 1.37. The van der Waals surface area contributed by atoms with Crippen molar-refractivity contribution in [1.82, 2.24) is 9.55 Å². The van der Waals surface area contributed by atoms with Crippen LogP contribution in [0.3, 0.4) is 0 Å². The van der Waals surface area contributed by atoms with Gasteiger partial charge >= 0.3 is 0 Å². The highest BCUT2D eigenvalue weighted by Crippen LogP contribution is 2.24. The predicted molar refractivity (Wildman–Crippen MR) is 65.9 cm³/mol. The van der Waals surface area contributed by atoms with Crippen molar-refractivity contribution in [3.63, 3.8) is 0 Å². The Labute approximate surface area is 105 Å². The summed E-state index contributed by atoms with van der Waals surface area (Å²) in [4.78, 5) is 4.36. The van der Waals surface area contributed by atoms with Gasteiger partial charge < -0.3 is 14.4 Å². The second kappa shape index (κ2) is 5.18. The van der Waals surface area contributed by atoms with Gasteiger partial charge in [-0.1, -0.05) is 0 Å². The topological polar surface area (TPSA) is 47.3 Å². The molecule has 1 heterocycles. The number of methoxy groups -OCH3 is 1. The van der Waals surface area contributed by atoms with E-state index >= 15 is 0 Å². The van der Waals surface area contributed by atoms with E-state index in [-0.39, 0.29) is 12.4 Å². The molecule has 2 rings (SSSR count). The van der Waals surface area contributed by atoms with Crippen LogP contribution in [-0.2, 0) is 13.5 Å². The molecular weight excluding hydrogens is 235 g/mol. The zero-order valence-corrected chi connectivity index (χ0v) is 10.4. The molecule has 0 radical (unpaired) electrons. The second-order valence-corrected chi connectivity index (χ2v) is 3.98. The number of ether oxygens (including phenoxy) is 1. The highest BCUT2D eigenvalue weighted by atomic mass is 19.1. The summed E-state index contributed by atoms with van der Waals surface area (Å²) < 4.78 is 20.3. The molecule has 1 aromatic heterocycles. The van der Waals surface area contributed by atoms with Gasteiger partial charge in [0.15, 0.2) is 11.6 Å². The Hall–Kier alpha value is -1.88. The summed E-state index contributed by atoms with van der Waals surface area (Å²) in [5, 5.41) is 8.91. The van der Waals surface area contributed by atoms with Crippen LogP contribution in [0.4, 0.5) is 4.39 Å². The first kappa shape index (κ1) is 12.6. The van der Waals surface area contributed by atoms with E-state index in [0.717, 1.165) is 5.82 Å². The minimum atomic E-state index is -0.413. The normalized spacial score (nSPS) is 10.7. The molecule has 0 aliphatic heterocycles. The smallest absolute Gasteiger partial charge is 0.165 e. The lowest BCUT2D eigenvalue weighted by molar-refractivity contribution is 0.295. The summed E-state index contributed by atoms with van der Waals surface area (Å²) in [5.74, 6) is 0.568. The third-order valence-corrected chi connectivity index (χ3v) is 2.76. The number of aryl methyl sites for hydroxylation is 1. The van der Waals surface area contributed by atoms with Crippen LogP contribution in [0.15, 0.2) is 24.4 Å². The molecule has 0 saturated carbocycles. The van der Waals surface area contributed by atoms with E-state index in [4.69, 9.17) is 9.84 Å². The summed E-state index contributed by atoms with van der Waals surface area (Å²) in [6.45, 7) is 0.0429. The average Bonchev–Trinajstić information content (AvgIpc) is 2.71. The first-order valence-corrected chi connectivity index (χ1v) is 5.62. The van der Waals surface area contributed by atoms with Crippen LogP contribution in [0.2, 0.25) is 0 Å². The molecule has 1 aromatic carbocycles. The summed E-state index contributed by atoms with van der Waals surface area (Å²) in [6, 6.07) is 4.72. The molecule has 2 aromatic rings. The number of hydrogen-bond acceptors (Lipinski definition) is 3. The third kappa shape index (κ3) is 2.36. The van der Waals surface area contributed by atoms with Crippen molar-refractivity contribution in [1.29, 1.82) is 0 Å². The van der Waals surface area contributed by atoms with Gasteiger partial charge in [-0.05, 0) is 18.2 Å². The Morgan fingerprint density at radius 1 is 1.44 bits per heavy atom. The van der Waals surface area contributed by atoms with Gasteiger partial charge in [0.05, 0.1) is 19.4 Å². The monoisotopic (exact) mass is 250 g/mol. The highest BCUT2D eigenvalue weighted by Gasteiger charge is 2.10. The van der Waals surface area contributed by atoms with Gasteiger partial charge in [-0.2, -0.15) is 0 Å². The fourth-order valence-corrected chi connectivity index (χ4v) is 1.80. The molecule has 0 unspecified atom stereocenters. The quantitative estimate of drug-likeness (QED) is 0.899. The van der Waals surface area contributed by atoms with Crippen LogP contribution in [0.5, 0.6) is 5.75 Å². The van der Waals surface area contributed by atoms with E-state index in [1.165, 1.54) is 13.2 Å². The molecule has 0 spiro atoms. The summed E-state index contributed by atoms with van der Waals surface area (Å²) in [7, 11) is 3.28. The van der Waals surface area contributed by atoms with Crippen molar-refractivity contribution in [2.24, 2.45) is 7.05 Å². The lowest BCUT2D eigenvalue weighted by atomic mass is 10.1. The Bertz CT molecular complexity index is 552. The number of hydrogen-bond donors (Lipinski definition) is 1. The van der Waals surface area contributed by atoms with Crippen molar-refractivity contribution < 1.29 is 14.2 Å². The molecule has 96 valence electrons. The van der Waals surface area contributed by atoms with Crippen LogP contribution in [0.25, 0.3) is 11.3 Å². The minimum Gasteiger partial charge on any atom is -0.494 e. The van der Waals surface area contributed by atoms with Crippen LogP contribution in [-0.4, -0.2) is 28.4 Å². The van der Waals surface area contributed by atoms with Gasteiger partial charge in [0.25, 0.3) is 0 Å². The predicted octanol–water partition coefficient (Wildman–Crippen LogP) is 1.77. The number of imidazole rings is 1. The molecule has 0 atom stereocenters. The van der Waals surface area contributed by atoms with Crippen LogP contribution in [0.1, 0.15) is 5.82 Å². The fourth-order valence-electron chi connectivity index (χ4n) is 1.80. The molecule has 0 saturated heterocycles. The zero-order valence-electron chi connectivity index (χ0n) is 10.4. The van der Waals surface area contributed by atoms with E-state index < -0.39 is 5.82 Å². The summed E-state index contributed by atoms with van der Waals surface area (Å²) in [6.07, 6.45) is 2.29. The van der Waals surface area contributed by atoms with Gasteiger partial charge in [0.2, 0.25) is 0 Å². The minimum absolute atomic E-state index is 0.0429. The van der Waals surface area contributed by atoms with Gasteiger partial charge in [-0.25, -0.2) is 9.37 Å². The SMILES string of the molecule is COc1ccc(-c2cn(C)c(CCO)n2)cc1F. The number of aliphatic hydroxyl groups excluding tert-OH is 1. The van der Waals surface area contributed by atoms with Gasteiger partial charge in [0, 0.05) is 25.2 Å². The molecular formula is C13H15FN2O2. The summed E-state index contributed by atoms with van der Waals surface area (Å²) >= 11 is 0. The molecule has 1 N–H and O–H groups in total. The van der Waals surface area contributed by atoms with Crippen molar-refractivity contribution in [2.45, 2.75) is 6.42 Å². The fraction of sp³-hybridized carbons (Fsp3) is 0.308. The number of halogens is 1. The van der Waals surface area contributed by atoms with Gasteiger partial charge in [-0.3, -0.25) is 0 Å². The van der Waals surface area contributed by atoms with Gasteiger partial charge in [-0.15, -0.1) is 0 Å². The highest BCUT2D eigenvalue weighted by molar-refractivity contribution is 5.60. The second-order valence-electron chi connectivity index (χ2n) is 3.98. The van der Waals surface area contributed by atoms with Crippen molar-refractivity contribution in [3.05, 3.63) is 36.0 Å². The van der Waals surface area contributed by atoms with E-state index in [1.54, 1.807) is 12.1 Å². The molecule has 0 amide bonds. The molecule has 0 fully saturated rings. The Kier molecular flexibility index (Phi) is 3.62. The number of rotatable bonds is 4. The van der Waals surface area contributed by atoms with Crippen molar-refractivity contribution in [2.75, 3.05) is 13.7 Å². The number of nitrogens with zero attached hydrogens (tertiary/aromatic N) is 2. The standard InChI is InChI=1S/C13H15FN2O2/c1-16-8-11(15-13(16)5-6-17)9-3-4-12(18-2)10(14)7-9/h3-4,7-8,17H,5-6H2,1-2H3. The maximum Gasteiger partial charge on any atom is 0.165 e. The lowest BCUT2D eigenvalue weighted by Gasteiger charge is -2.02. The van der Waals surface area contributed by atoms with Crippen LogP contribution in [0, 0.1) is 5.82 Å². The Morgan fingerprint density at radius 3 is 2.83 bits per heavy atom. The van der Waals surface area contributed by atoms with E-state index in [2.05, 4.69) is 4.98 Å². The average molecular weight is 250 g/mol. The number of benzene rings is 1. The van der Waals surface area contributed by atoms with Gasteiger partial charge in [0.1, 0.15) is 5.82 Å². The molecule has 0 aliphatic carbocycles. The largest absolute Gasteiger partial charge is 0.494 e. The van der Waals surface area contributed by atoms with Crippen molar-refractivity contribution in [3.8, 4) is 17.0 Å². The van der Waals surface area contributed by atoms with E-state index in [0.29, 0.717) is 17.7 Å². The Morgan fingerprint density at radius 2 is 2.22 bits per heavy atom. The molecule has 0 bridgehead atoms.